The van der Waals surface area contributed by atoms with E-state index in [0.29, 0.717) is 11.1 Å². The Bertz CT molecular complexity index is 1020. The molecule has 2 aromatic carbocycles. The fourth-order valence-electron chi connectivity index (χ4n) is 2.40. The second-order valence-corrected chi connectivity index (χ2v) is 5.74. The fourth-order valence-corrected chi connectivity index (χ4v) is 2.40. The summed E-state index contributed by atoms with van der Waals surface area (Å²) in [5, 5.41) is 0.323. The van der Waals surface area contributed by atoms with Gasteiger partial charge in [0.1, 0.15) is 23.3 Å². The Kier molecular flexibility index (Phi) is 4.93. The lowest BCUT2D eigenvalue weighted by Gasteiger charge is -2.09. The van der Waals surface area contributed by atoms with Crippen molar-refractivity contribution in [1.29, 1.82) is 0 Å². The van der Waals surface area contributed by atoms with E-state index in [1.807, 2.05) is 32.0 Å². The van der Waals surface area contributed by atoms with Crippen LogP contribution in [0.2, 0.25) is 0 Å². The Morgan fingerprint density at radius 1 is 1.08 bits per heavy atom. The van der Waals surface area contributed by atoms with E-state index in [9.17, 15) is 9.59 Å². The number of carbonyl (C=O) groups excluding carboxylic acids is 1. The molecule has 0 fully saturated rings. The first-order valence-corrected chi connectivity index (χ1v) is 8.13. The average Bonchev–Trinajstić information content (AvgIpc) is 2.60. The number of fused-ring (bicyclic) bond motifs is 1. The molecule has 0 N–H and O–H groups in total. The molecule has 0 radical (unpaired) electrons. The van der Waals surface area contributed by atoms with E-state index in [1.165, 1.54) is 24.5 Å². The highest BCUT2D eigenvalue weighted by atomic mass is 16.7. The monoisotopic (exact) mass is 354 g/mol. The zero-order valence-electron chi connectivity index (χ0n) is 14.7. The molecular formula is C20H18O6. The van der Waals surface area contributed by atoms with E-state index >= 15 is 0 Å². The normalized spacial score (nSPS) is 10.6. The SMILES string of the molecule is CCOC(=O)Oc1ccc2c(=O)c(Oc3cc(C)ccc3C)coc2c1. The Morgan fingerprint density at radius 3 is 2.65 bits per heavy atom. The summed E-state index contributed by atoms with van der Waals surface area (Å²) in [5.41, 5.74) is 1.91. The van der Waals surface area contributed by atoms with Crippen LogP contribution in [-0.4, -0.2) is 12.8 Å². The molecule has 0 aliphatic rings. The zero-order valence-corrected chi connectivity index (χ0v) is 14.7. The van der Waals surface area contributed by atoms with E-state index in [1.54, 1.807) is 6.92 Å². The predicted octanol–water partition coefficient (Wildman–Crippen LogP) is 4.74. The van der Waals surface area contributed by atoms with Gasteiger partial charge in [0.2, 0.25) is 11.2 Å². The zero-order chi connectivity index (χ0) is 18.7. The maximum atomic E-state index is 12.6. The first-order chi connectivity index (χ1) is 12.5. The quantitative estimate of drug-likeness (QED) is 0.498. The van der Waals surface area contributed by atoms with Gasteiger partial charge in [0.25, 0.3) is 0 Å². The van der Waals surface area contributed by atoms with Gasteiger partial charge in [-0.15, -0.1) is 0 Å². The van der Waals surface area contributed by atoms with Gasteiger partial charge in [0.15, 0.2) is 0 Å². The highest BCUT2D eigenvalue weighted by molar-refractivity contribution is 5.80. The van der Waals surface area contributed by atoms with Crippen LogP contribution in [0, 0.1) is 13.8 Å². The molecule has 134 valence electrons. The molecule has 0 saturated carbocycles. The minimum absolute atomic E-state index is 0.0882. The third-order valence-corrected chi connectivity index (χ3v) is 3.74. The average molecular weight is 354 g/mol. The molecule has 0 spiro atoms. The number of rotatable bonds is 4. The molecule has 6 heteroatoms. The number of hydrogen-bond donors (Lipinski definition) is 0. The second-order valence-electron chi connectivity index (χ2n) is 5.74. The van der Waals surface area contributed by atoms with Crippen molar-refractivity contribution in [1.82, 2.24) is 0 Å². The van der Waals surface area contributed by atoms with Crippen molar-refractivity contribution in [2.24, 2.45) is 0 Å². The van der Waals surface area contributed by atoms with Crippen LogP contribution in [0.15, 0.2) is 51.9 Å². The Labute approximate surface area is 149 Å². The van der Waals surface area contributed by atoms with Crippen LogP contribution in [-0.2, 0) is 4.74 Å². The Balaban J connectivity index is 1.92. The summed E-state index contributed by atoms with van der Waals surface area (Å²) in [4.78, 5) is 24.0. The smallest absolute Gasteiger partial charge is 0.460 e. The van der Waals surface area contributed by atoms with Crippen molar-refractivity contribution >= 4 is 17.1 Å². The van der Waals surface area contributed by atoms with E-state index in [-0.39, 0.29) is 29.1 Å². The molecule has 26 heavy (non-hydrogen) atoms. The first kappa shape index (κ1) is 17.5. The summed E-state index contributed by atoms with van der Waals surface area (Å²) in [7, 11) is 0. The molecule has 1 aromatic heterocycles. The highest BCUT2D eigenvalue weighted by Crippen LogP contribution is 2.27. The van der Waals surface area contributed by atoms with Gasteiger partial charge in [-0.3, -0.25) is 4.79 Å². The second kappa shape index (κ2) is 7.31. The molecular weight excluding hydrogens is 336 g/mol. The summed E-state index contributed by atoms with van der Waals surface area (Å²) >= 11 is 0. The summed E-state index contributed by atoms with van der Waals surface area (Å²) in [5.74, 6) is 0.909. The van der Waals surface area contributed by atoms with Crippen LogP contribution in [0.1, 0.15) is 18.1 Å². The predicted molar refractivity (Wildman–Crippen MR) is 96.1 cm³/mol. The van der Waals surface area contributed by atoms with Crippen LogP contribution in [0.3, 0.4) is 0 Å². The van der Waals surface area contributed by atoms with Crippen LogP contribution in [0.5, 0.6) is 17.2 Å². The van der Waals surface area contributed by atoms with Gasteiger partial charge in [-0.05, 0) is 50.1 Å². The molecule has 0 amide bonds. The molecule has 0 unspecified atom stereocenters. The van der Waals surface area contributed by atoms with Crippen molar-refractivity contribution in [2.45, 2.75) is 20.8 Å². The topological polar surface area (TPSA) is 75.0 Å². The maximum absolute atomic E-state index is 12.6. The van der Waals surface area contributed by atoms with Crippen LogP contribution >= 0.6 is 0 Å². The number of aryl methyl sites for hydroxylation is 2. The highest BCUT2D eigenvalue weighted by Gasteiger charge is 2.13. The van der Waals surface area contributed by atoms with E-state index in [2.05, 4.69) is 0 Å². The molecule has 0 atom stereocenters. The Morgan fingerprint density at radius 2 is 1.88 bits per heavy atom. The minimum atomic E-state index is -0.816. The number of benzene rings is 2. The largest absolute Gasteiger partial charge is 0.513 e. The van der Waals surface area contributed by atoms with Crippen molar-refractivity contribution in [3.63, 3.8) is 0 Å². The van der Waals surface area contributed by atoms with Crippen molar-refractivity contribution in [3.8, 4) is 17.2 Å². The molecule has 0 aliphatic heterocycles. The van der Waals surface area contributed by atoms with Gasteiger partial charge in [-0.1, -0.05) is 12.1 Å². The molecule has 3 aromatic rings. The summed E-state index contributed by atoms with van der Waals surface area (Å²) in [6.45, 7) is 5.73. The van der Waals surface area contributed by atoms with Crippen LogP contribution in [0.4, 0.5) is 4.79 Å². The summed E-state index contributed by atoms with van der Waals surface area (Å²) in [6.07, 6.45) is 0.435. The van der Waals surface area contributed by atoms with Crippen LogP contribution in [0.25, 0.3) is 11.0 Å². The van der Waals surface area contributed by atoms with Gasteiger partial charge in [-0.2, -0.15) is 0 Å². The third-order valence-electron chi connectivity index (χ3n) is 3.74. The van der Waals surface area contributed by atoms with Gasteiger partial charge in [0, 0.05) is 6.07 Å². The lowest BCUT2D eigenvalue weighted by molar-refractivity contribution is 0.104. The van der Waals surface area contributed by atoms with E-state index < -0.39 is 6.16 Å². The van der Waals surface area contributed by atoms with Gasteiger partial charge >= 0.3 is 6.16 Å². The molecule has 3 rings (SSSR count). The summed E-state index contributed by atoms with van der Waals surface area (Å²) in [6, 6.07) is 10.2. The minimum Gasteiger partial charge on any atom is -0.460 e. The lowest BCUT2D eigenvalue weighted by Crippen LogP contribution is -2.10. The molecule has 0 bridgehead atoms. The third kappa shape index (κ3) is 3.69. The van der Waals surface area contributed by atoms with E-state index in [0.717, 1.165) is 11.1 Å². The molecule has 1 heterocycles. The number of ether oxygens (including phenoxy) is 3. The molecule has 0 saturated heterocycles. The fraction of sp³-hybridized carbons (Fsp3) is 0.200. The summed E-state index contributed by atoms with van der Waals surface area (Å²) < 4.78 is 21.0. The van der Waals surface area contributed by atoms with Gasteiger partial charge < -0.3 is 18.6 Å². The molecule has 0 aliphatic carbocycles. The van der Waals surface area contributed by atoms with Crippen molar-refractivity contribution in [3.05, 3.63) is 64.0 Å². The van der Waals surface area contributed by atoms with Gasteiger partial charge in [-0.25, -0.2) is 4.79 Å². The first-order valence-electron chi connectivity index (χ1n) is 8.13. The van der Waals surface area contributed by atoms with Crippen LogP contribution < -0.4 is 14.9 Å². The van der Waals surface area contributed by atoms with Gasteiger partial charge in [0.05, 0.1) is 12.0 Å². The maximum Gasteiger partial charge on any atom is 0.513 e. The van der Waals surface area contributed by atoms with Crippen molar-refractivity contribution < 1.29 is 23.4 Å². The molecule has 6 nitrogen and oxygen atoms in total. The van der Waals surface area contributed by atoms with Crippen molar-refractivity contribution in [2.75, 3.05) is 6.61 Å². The number of hydrogen-bond acceptors (Lipinski definition) is 6. The van der Waals surface area contributed by atoms with E-state index in [4.69, 9.17) is 18.6 Å². The number of carbonyl (C=O) groups is 1. The lowest BCUT2D eigenvalue weighted by atomic mass is 10.1. The standard InChI is InChI=1S/C20H18O6/c1-4-23-20(22)25-14-7-8-15-17(10-14)24-11-18(19(15)21)26-16-9-12(2)5-6-13(16)3/h5-11H,4H2,1-3H3. The Hall–Kier alpha value is -3.28.